The Balaban J connectivity index is 2.48. The molecular weight excluding hydrogens is 338 g/mol. The van der Waals surface area contributed by atoms with Crippen LogP contribution in [0.4, 0.5) is 4.39 Å². The minimum Gasteiger partial charge on any atom is -0.207 e. The molecule has 0 amide bonds. The molecule has 1 unspecified atom stereocenters. The number of rotatable bonds is 2. The van der Waals surface area contributed by atoms with E-state index in [0.717, 1.165) is 11.1 Å². The molecule has 0 saturated carbocycles. The molecule has 1 atom stereocenters. The number of alkyl halides is 1. The molecule has 4 heteroatoms. The Kier molecular flexibility index (Phi) is 4.31. The zero-order chi connectivity index (χ0) is 13.3. The Labute approximate surface area is 124 Å². The first-order valence-electron chi connectivity index (χ1n) is 5.34. The predicted molar refractivity (Wildman–Crippen MR) is 78.4 cm³/mol. The van der Waals surface area contributed by atoms with Gasteiger partial charge < -0.3 is 0 Å². The zero-order valence-electron chi connectivity index (χ0n) is 9.55. The summed E-state index contributed by atoms with van der Waals surface area (Å²) >= 11 is 15.9. The molecule has 2 aromatic carbocycles. The number of hydrogen-bond acceptors (Lipinski definition) is 0. The second-order valence-corrected chi connectivity index (χ2v) is 5.74. The lowest BCUT2D eigenvalue weighted by Crippen LogP contribution is -1.96. The topological polar surface area (TPSA) is 0 Å². The average molecular weight is 348 g/mol. The molecule has 0 saturated heterocycles. The van der Waals surface area contributed by atoms with Crippen molar-refractivity contribution in [2.24, 2.45) is 0 Å². The highest BCUT2D eigenvalue weighted by Gasteiger charge is 2.17. The van der Waals surface area contributed by atoms with E-state index in [2.05, 4.69) is 15.9 Å². The van der Waals surface area contributed by atoms with E-state index in [1.165, 1.54) is 6.07 Å². The van der Waals surface area contributed by atoms with Gasteiger partial charge in [-0.05, 0) is 36.2 Å². The number of aryl methyl sites for hydroxylation is 1. The highest BCUT2D eigenvalue weighted by molar-refractivity contribution is 9.09. The SMILES string of the molecule is Cc1cc(C(Br)c2c(Cl)cccc2Cl)ccc1F. The van der Waals surface area contributed by atoms with Gasteiger partial charge in [0.1, 0.15) is 5.82 Å². The molecular formula is C14H10BrCl2F. The zero-order valence-corrected chi connectivity index (χ0v) is 12.7. The van der Waals surface area contributed by atoms with Gasteiger partial charge >= 0.3 is 0 Å². The number of halogens is 4. The van der Waals surface area contributed by atoms with Crippen molar-refractivity contribution in [2.75, 3.05) is 0 Å². The summed E-state index contributed by atoms with van der Waals surface area (Å²) in [5.41, 5.74) is 2.32. The molecule has 0 spiro atoms. The van der Waals surface area contributed by atoms with Gasteiger partial charge in [-0.15, -0.1) is 0 Å². The van der Waals surface area contributed by atoms with Gasteiger partial charge in [-0.25, -0.2) is 4.39 Å². The van der Waals surface area contributed by atoms with Gasteiger partial charge in [0, 0.05) is 15.6 Å². The third-order valence-electron chi connectivity index (χ3n) is 2.73. The fourth-order valence-electron chi connectivity index (χ4n) is 1.75. The molecule has 0 heterocycles. The van der Waals surface area contributed by atoms with Crippen LogP contribution in [-0.2, 0) is 0 Å². The maximum atomic E-state index is 13.3. The van der Waals surface area contributed by atoms with E-state index < -0.39 is 0 Å². The highest BCUT2D eigenvalue weighted by Crippen LogP contribution is 2.39. The van der Waals surface area contributed by atoms with E-state index in [9.17, 15) is 4.39 Å². The summed E-state index contributed by atoms with van der Waals surface area (Å²) in [6, 6.07) is 10.3. The number of benzene rings is 2. The van der Waals surface area contributed by atoms with Crippen LogP contribution < -0.4 is 0 Å². The van der Waals surface area contributed by atoms with Crippen molar-refractivity contribution in [1.82, 2.24) is 0 Å². The summed E-state index contributed by atoms with van der Waals surface area (Å²) in [5.74, 6) is -0.219. The lowest BCUT2D eigenvalue weighted by molar-refractivity contribution is 0.618. The smallest absolute Gasteiger partial charge is 0.126 e. The second-order valence-electron chi connectivity index (χ2n) is 4.01. The average Bonchev–Trinajstić information content (AvgIpc) is 2.32. The largest absolute Gasteiger partial charge is 0.207 e. The van der Waals surface area contributed by atoms with Gasteiger partial charge in [0.15, 0.2) is 0 Å². The van der Waals surface area contributed by atoms with E-state index in [0.29, 0.717) is 15.6 Å². The van der Waals surface area contributed by atoms with Crippen LogP contribution in [-0.4, -0.2) is 0 Å². The summed E-state index contributed by atoms with van der Waals surface area (Å²) < 4.78 is 13.3. The molecule has 0 radical (unpaired) electrons. The molecule has 0 fully saturated rings. The van der Waals surface area contributed by atoms with E-state index in [4.69, 9.17) is 23.2 Å². The van der Waals surface area contributed by atoms with E-state index in [1.54, 1.807) is 37.3 Å². The molecule has 18 heavy (non-hydrogen) atoms. The fourth-order valence-corrected chi connectivity index (χ4v) is 3.40. The van der Waals surface area contributed by atoms with Crippen LogP contribution in [0.5, 0.6) is 0 Å². The second kappa shape index (κ2) is 5.60. The Morgan fingerprint density at radius 2 is 1.72 bits per heavy atom. The maximum Gasteiger partial charge on any atom is 0.126 e. The van der Waals surface area contributed by atoms with E-state index in [1.807, 2.05) is 0 Å². The minimum absolute atomic E-state index is 0.155. The molecule has 0 aliphatic carbocycles. The first-order valence-corrected chi connectivity index (χ1v) is 7.02. The quantitative estimate of drug-likeness (QED) is 0.591. The van der Waals surface area contributed by atoms with E-state index >= 15 is 0 Å². The lowest BCUT2D eigenvalue weighted by Gasteiger charge is -2.15. The van der Waals surface area contributed by atoms with Gasteiger partial charge in [-0.2, -0.15) is 0 Å². The van der Waals surface area contributed by atoms with E-state index in [-0.39, 0.29) is 10.6 Å². The standard InChI is InChI=1S/C14H10BrCl2F/c1-8-7-9(5-6-12(8)18)14(15)13-10(16)3-2-4-11(13)17/h2-7,14H,1H3. The van der Waals surface area contributed by atoms with Crippen molar-refractivity contribution in [1.29, 1.82) is 0 Å². The van der Waals surface area contributed by atoms with Gasteiger partial charge in [0.2, 0.25) is 0 Å². The summed E-state index contributed by atoms with van der Waals surface area (Å²) in [6.45, 7) is 1.73. The molecule has 0 bridgehead atoms. The molecule has 0 aliphatic rings. The monoisotopic (exact) mass is 346 g/mol. The van der Waals surface area contributed by atoms with Crippen LogP contribution in [0.2, 0.25) is 10.0 Å². The summed E-state index contributed by atoms with van der Waals surface area (Å²) in [7, 11) is 0. The van der Waals surface area contributed by atoms with Crippen molar-refractivity contribution in [3.8, 4) is 0 Å². The van der Waals surface area contributed by atoms with Crippen LogP contribution in [0, 0.1) is 12.7 Å². The Morgan fingerprint density at radius 1 is 1.11 bits per heavy atom. The normalized spacial score (nSPS) is 12.5. The van der Waals surface area contributed by atoms with Gasteiger partial charge in [-0.3, -0.25) is 0 Å². The third kappa shape index (κ3) is 2.71. The van der Waals surface area contributed by atoms with Gasteiger partial charge in [-0.1, -0.05) is 57.3 Å². The van der Waals surface area contributed by atoms with Crippen molar-refractivity contribution in [2.45, 2.75) is 11.8 Å². The van der Waals surface area contributed by atoms with Crippen LogP contribution in [0.15, 0.2) is 36.4 Å². The summed E-state index contributed by atoms with van der Waals surface area (Å²) in [5, 5.41) is 1.18. The molecule has 94 valence electrons. The molecule has 0 aromatic heterocycles. The van der Waals surface area contributed by atoms with Crippen molar-refractivity contribution in [3.05, 3.63) is 69.0 Å². The van der Waals surface area contributed by atoms with Crippen LogP contribution >= 0.6 is 39.1 Å². The van der Waals surface area contributed by atoms with Crippen LogP contribution in [0.1, 0.15) is 21.5 Å². The maximum absolute atomic E-state index is 13.3. The first kappa shape index (κ1) is 13.9. The van der Waals surface area contributed by atoms with Crippen LogP contribution in [0.25, 0.3) is 0 Å². The Hall–Kier alpha value is -0.570. The Bertz CT molecular complexity index is 564. The lowest BCUT2D eigenvalue weighted by atomic mass is 10.0. The van der Waals surface area contributed by atoms with Gasteiger partial charge in [0.05, 0.1) is 4.83 Å². The van der Waals surface area contributed by atoms with Crippen LogP contribution in [0.3, 0.4) is 0 Å². The van der Waals surface area contributed by atoms with Crippen molar-refractivity contribution in [3.63, 3.8) is 0 Å². The summed E-state index contributed by atoms with van der Waals surface area (Å²) in [6.07, 6.45) is 0. The summed E-state index contributed by atoms with van der Waals surface area (Å²) in [4.78, 5) is -0.155. The molecule has 0 aliphatic heterocycles. The molecule has 2 rings (SSSR count). The molecule has 0 nitrogen and oxygen atoms in total. The Morgan fingerprint density at radius 3 is 2.28 bits per heavy atom. The highest BCUT2D eigenvalue weighted by atomic mass is 79.9. The minimum atomic E-state index is -0.219. The van der Waals surface area contributed by atoms with Crippen molar-refractivity contribution >= 4 is 39.1 Å². The number of hydrogen-bond donors (Lipinski definition) is 0. The predicted octanol–water partition coefficient (Wildman–Crippen LogP) is 5.93. The fraction of sp³-hybridized carbons (Fsp3) is 0.143. The molecule has 2 aromatic rings. The van der Waals surface area contributed by atoms with Crippen molar-refractivity contribution < 1.29 is 4.39 Å². The third-order valence-corrected chi connectivity index (χ3v) is 4.37. The molecule has 0 N–H and O–H groups in total. The first-order chi connectivity index (χ1) is 8.50. The van der Waals surface area contributed by atoms with Gasteiger partial charge in [0.25, 0.3) is 0 Å².